The van der Waals surface area contributed by atoms with Crippen LogP contribution in [0.25, 0.3) is 0 Å². The highest BCUT2D eigenvalue weighted by atomic mass is 19.1. The highest BCUT2D eigenvalue weighted by Gasteiger charge is 2.10. The van der Waals surface area contributed by atoms with Gasteiger partial charge in [0.05, 0.1) is 0 Å². The molecule has 0 radical (unpaired) electrons. The molecule has 2 heteroatoms. The fourth-order valence-corrected chi connectivity index (χ4v) is 2.08. The Bertz CT molecular complexity index is 629. The van der Waals surface area contributed by atoms with E-state index >= 15 is 0 Å². The Labute approximate surface area is 113 Å². The summed E-state index contributed by atoms with van der Waals surface area (Å²) in [5.41, 5.74) is 4.36. The van der Waals surface area contributed by atoms with E-state index in [0.29, 0.717) is 17.5 Å². The van der Waals surface area contributed by atoms with Crippen molar-refractivity contribution in [2.45, 2.75) is 27.2 Å². The second kappa shape index (κ2) is 5.35. The first-order chi connectivity index (χ1) is 8.97. The molecule has 98 valence electrons. The van der Waals surface area contributed by atoms with Crippen LogP contribution in [0.5, 0.6) is 0 Å². The average molecular weight is 256 g/mol. The lowest BCUT2D eigenvalue weighted by Gasteiger charge is -2.07. The van der Waals surface area contributed by atoms with Crippen LogP contribution in [0.1, 0.15) is 32.6 Å². The first-order valence-corrected chi connectivity index (χ1v) is 6.33. The number of Topliss-reactive ketones (excluding diaryl/α,β-unsaturated/α-hetero) is 1. The maximum Gasteiger partial charge on any atom is 0.167 e. The van der Waals surface area contributed by atoms with Crippen LogP contribution in [0.15, 0.2) is 36.4 Å². The number of aryl methyl sites for hydroxylation is 3. The fraction of sp³-hybridized carbons (Fsp3) is 0.235. The molecule has 2 aromatic carbocycles. The Balaban J connectivity index is 2.25. The zero-order valence-corrected chi connectivity index (χ0v) is 11.5. The number of benzene rings is 2. The fourth-order valence-electron chi connectivity index (χ4n) is 2.08. The van der Waals surface area contributed by atoms with E-state index in [1.54, 1.807) is 19.1 Å². The van der Waals surface area contributed by atoms with Crippen LogP contribution in [-0.4, -0.2) is 5.78 Å². The molecule has 19 heavy (non-hydrogen) atoms. The van der Waals surface area contributed by atoms with E-state index in [1.807, 2.05) is 32.0 Å². The number of rotatable bonds is 3. The average Bonchev–Trinajstić information content (AvgIpc) is 2.37. The third kappa shape index (κ3) is 3.08. The molecular formula is C17H17FO. The molecule has 0 saturated carbocycles. The molecule has 0 unspecified atom stereocenters. The van der Waals surface area contributed by atoms with Crippen LogP contribution in [0, 0.1) is 26.6 Å². The number of hydrogen-bond acceptors (Lipinski definition) is 1. The van der Waals surface area contributed by atoms with Gasteiger partial charge in [-0.25, -0.2) is 4.39 Å². The van der Waals surface area contributed by atoms with Crippen LogP contribution >= 0.6 is 0 Å². The third-order valence-electron chi connectivity index (χ3n) is 3.34. The molecule has 0 fully saturated rings. The topological polar surface area (TPSA) is 17.1 Å². The Morgan fingerprint density at radius 2 is 1.74 bits per heavy atom. The summed E-state index contributed by atoms with van der Waals surface area (Å²) in [7, 11) is 0. The van der Waals surface area contributed by atoms with E-state index in [2.05, 4.69) is 0 Å². The smallest absolute Gasteiger partial charge is 0.167 e. The molecule has 0 aliphatic rings. The summed E-state index contributed by atoms with van der Waals surface area (Å²) in [6, 6.07) is 10.6. The van der Waals surface area contributed by atoms with Gasteiger partial charge in [0.1, 0.15) is 5.82 Å². The van der Waals surface area contributed by atoms with Crippen LogP contribution < -0.4 is 0 Å². The van der Waals surface area contributed by atoms with Gasteiger partial charge in [0, 0.05) is 12.0 Å². The van der Waals surface area contributed by atoms with Crippen molar-refractivity contribution >= 4 is 5.78 Å². The van der Waals surface area contributed by atoms with Crippen LogP contribution in [0.4, 0.5) is 4.39 Å². The van der Waals surface area contributed by atoms with E-state index in [4.69, 9.17) is 0 Å². The molecule has 0 bridgehead atoms. The third-order valence-corrected chi connectivity index (χ3v) is 3.34. The molecule has 0 N–H and O–H groups in total. The van der Waals surface area contributed by atoms with Crippen molar-refractivity contribution in [1.82, 2.24) is 0 Å². The maximum absolute atomic E-state index is 13.2. The summed E-state index contributed by atoms with van der Waals surface area (Å²) in [6.45, 7) is 5.68. The molecule has 2 rings (SSSR count). The van der Waals surface area contributed by atoms with Crippen molar-refractivity contribution in [1.29, 1.82) is 0 Å². The number of hydrogen-bond donors (Lipinski definition) is 0. The molecule has 0 heterocycles. The van der Waals surface area contributed by atoms with Crippen molar-refractivity contribution < 1.29 is 9.18 Å². The monoisotopic (exact) mass is 256 g/mol. The second-order valence-electron chi connectivity index (χ2n) is 4.99. The molecule has 0 aliphatic carbocycles. The normalized spacial score (nSPS) is 10.5. The van der Waals surface area contributed by atoms with Crippen LogP contribution in [-0.2, 0) is 6.42 Å². The van der Waals surface area contributed by atoms with Gasteiger partial charge < -0.3 is 0 Å². The number of ketones is 1. The van der Waals surface area contributed by atoms with E-state index in [0.717, 1.165) is 16.7 Å². The summed E-state index contributed by atoms with van der Waals surface area (Å²) in [6.07, 6.45) is 0.360. The van der Waals surface area contributed by atoms with Gasteiger partial charge in [-0.3, -0.25) is 4.79 Å². The first-order valence-electron chi connectivity index (χ1n) is 6.33. The van der Waals surface area contributed by atoms with Gasteiger partial charge >= 0.3 is 0 Å². The first kappa shape index (κ1) is 13.5. The zero-order valence-electron chi connectivity index (χ0n) is 11.5. The molecule has 0 amide bonds. The largest absolute Gasteiger partial charge is 0.294 e. The summed E-state index contributed by atoms with van der Waals surface area (Å²) in [5, 5.41) is 0. The standard InChI is InChI=1S/C17H17FO/c1-11-4-5-12(2)15(8-11)10-17(19)14-6-7-16(18)13(3)9-14/h4-9H,10H2,1-3H3. The molecular weight excluding hydrogens is 239 g/mol. The predicted molar refractivity (Wildman–Crippen MR) is 75.1 cm³/mol. The van der Waals surface area contributed by atoms with Gasteiger partial charge in [0.25, 0.3) is 0 Å². The molecule has 0 spiro atoms. The van der Waals surface area contributed by atoms with Crippen molar-refractivity contribution in [3.05, 3.63) is 70.0 Å². The van der Waals surface area contributed by atoms with E-state index in [-0.39, 0.29) is 11.6 Å². The number of carbonyl (C=O) groups excluding carboxylic acids is 1. The van der Waals surface area contributed by atoms with Crippen molar-refractivity contribution in [2.24, 2.45) is 0 Å². The van der Waals surface area contributed by atoms with E-state index in [1.165, 1.54) is 6.07 Å². The van der Waals surface area contributed by atoms with Crippen molar-refractivity contribution in [2.75, 3.05) is 0 Å². The molecule has 0 aliphatic heterocycles. The summed E-state index contributed by atoms with van der Waals surface area (Å²) in [5.74, 6) is -0.250. The Hall–Kier alpha value is -1.96. The van der Waals surface area contributed by atoms with Gasteiger partial charge in [-0.1, -0.05) is 23.8 Å². The highest BCUT2D eigenvalue weighted by molar-refractivity contribution is 5.97. The SMILES string of the molecule is Cc1ccc(C)c(CC(=O)c2ccc(F)c(C)c2)c1. The predicted octanol–water partition coefficient (Wildman–Crippen LogP) is 4.18. The number of halogens is 1. The van der Waals surface area contributed by atoms with E-state index in [9.17, 15) is 9.18 Å². The lowest BCUT2D eigenvalue weighted by molar-refractivity contribution is 0.0992. The Morgan fingerprint density at radius 1 is 1.00 bits per heavy atom. The molecule has 1 nitrogen and oxygen atoms in total. The zero-order chi connectivity index (χ0) is 14.0. The minimum Gasteiger partial charge on any atom is -0.294 e. The Morgan fingerprint density at radius 3 is 2.42 bits per heavy atom. The lowest BCUT2D eigenvalue weighted by Crippen LogP contribution is -2.06. The van der Waals surface area contributed by atoms with Crippen molar-refractivity contribution in [3.8, 4) is 0 Å². The van der Waals surface area contributed by atoms with Gasteiger partial charge in [-0.2, -0.15) is 0 Å². The highest BCUT2D eigenvalue weighted by Crippen LogP contribution is 2.16. The quantitative estimate of drug-likeness (QED) is 0.753. The minimum atomic E-state index is -0.275. The summed E-state index contributed by atoms with van der Waals surface area (Å²) in [4.78, 5) is 12.2. The molecule has 0 saturated heterocycles. The van der Waals surface area contributed by atoms with Gasteiger partial charge in [-0.15, -0.1) is 0 Å². The van der Waals surface area contributed by atoms with Crippen LogP contribution in [0.2, 0.25) is 0 Å². The van der Waals surface area contributed by atoms with Crippen LogP contribution in [0.3, 0.4) is 0 Å². The second-order valence-corrected chi connectivity index (χ2v) is 4.99. The molecule has 2 aromatic rings. The summed E-state index contributed by atoms with van der Waals surface area (Å²) >= 11 is 0. The maximum atomic E-state index is 13.2. The van der Waals surface area contributed by atoms with Gasteiger partial charge in [-0.05, 0) is 55.7 Å². The van der Waals surface area contributed by atoms with E-state index < -0.39 is 0 Å². The number of carbonyl (C=O) groups is 1. The molecule has 0 aromatic heterocycles. The lowest BCUT2D eigenvalue weighted by atomic mass is 9.97. The van der Waals surface area contributed by atoms with Gasteiger partial charge in [0.15, 0.2) is 5.78 Å². The Kier molecular flexibility index (Phi) is 3.79. The summed E-state index contributed by atoms with van der Waals surface area (Å²) < 4.78 is 13.2. The minimum absolute atomic E-state index is 0.0248. The van der Waals surface area contributed by atoms with Crippen molar-refractivity contribution in [3.63, 3.8) is 0 Å². The van der Waals surface area contributed by atoms with Gasteiger partial charge in [0.2, 0.25) is 0 Å². The molecule has 0 atom stereocenters.